The fourth-order valence-electron chi connectivity index (χ4n) is 2.43. The van der Waals surface area contributed by atoms with Crippen molar-refractivity contribution in [3.8, 4) is 0 Å². The molecule has 1 aromatic carbocycles. The number of hydrogen-bond donors (Lipinski definition) is 1. The molecule has 2 heterocycles. The van der Waals surface area contributed by atoms with E-state index in [1.165, 1.54) is 10.6 Å². The van der Waals surface area contributed by atoms with Crippen molar-refractivity contribution in [1.29, 1.82) is 0 Å². The summed E-state index contributed by atoms with van der Waals surface area (Å²) in [5, 5.41) is 14.0. The van der Waals surface area contributed by atoms with Crippen LogP contribution >= 0.6 is 23.2 Å². The Hall–Kier alpha value is -2.31. The second kappa shape index (κ2) is 5.72. The minimum absolute atomic E-state index is 0.106. The molecular formula is C15H12Cl2N4O2. The van der Waals surface area contributed by atoms with E-state index in [1.807, 2.05) is 19.1 Å². The molecule has 0 aliphatic carbocycles. The van der Waals surface area contributed by atoms with Crippen molar-refractivity contribution in [2.75, 3.05) is 11.9 Å². The zero-order chi connectivity index (χ0) is 16.7. The number of halogens is 2. The molecule has 0 saturated carbocycles. The Bertz CT molecular complexity index is 903. The van der Waals surface area contributed by atoms with Crippen molar-refractivity contribution in [3.05, 3.63) is 51.8 Å². The van der Waals surface area contributed by atoms with E-state index in [1.54, 1.807) is 24.1 Å². The van der Waals surface area contributed by atoms with Crippen LogP contribution in [0.25, 0.3) is 5.65 Å². The van der Waals surface area contributed by atoms with Gasteiger partial charge in [0.05, 0.1) is 10.7 Å². The summed E-state index contributed by atoms with van der Waals surface area (Å²) in [5.41, 5.74) is 1.99. The number of fused-ring (bicyclic) bond motifs is 1. The highest BCUT2D eigenvalue weighted by Crippen LogP contribution is 2.34. The number of anilines is 2. The number of carboxylic acids is 1. The van der Waals surface area contributed by atoms with Gasteiger partial charge in [0.25, 0.3) is 0 Å². The fraction of sp³-hybridized carbons (Fsp3) is 0.133. The Morgan fingerprint density at radius 1 is 1.30 bits per heavy atom. The normalized spacial score (nSPS) is 11.0. The minimum Gasteiger partial charge on any atom is -0.476 e. The molecule has 0 atom stereocenters. The topological polar surface area (TPSA) is 70.7 Å². The summed E-state index contributed by atoms with van der Waals surface area (Å²) in [5.74, 6) is -0.571. The van der Waals surface area contributed by atoms with Gasteiger partial charge in [-0.15, -0.1) is 0 Å². The smallest absolute Gasteiger partial charge is 0.356 e. The SMILES string of the molecule is Cc1cccc(Cl)c1N(C)c1cc(Cl)nc2cc(C(=O)O)nn12. The maximum atomic E-state index is 11.1. The van der Waals surface area contributed by atoms with Crippen LogP contribution in [0.4, 0.5) is 11.5 Å². The van der Waals surface area contributed by atoms with Crippen molar-refractivity contribution in [1.82, 2.24) is 14.6 Å². The Morgan fingerprint density at radius 2 is 2.04 bits per heavy atom. The van der Waals surface area contributed by atoms with Gasteiger partial charge in [0.1, 0.15) is 11.0 Å². The monoisotopic (exact) mass is 350 g/mol. The Kier molecular flexibility index (Phi) is 3.87. The molecule has 0 amide bonds. The lowest BCUT2D eigenvalue weighted by Crippen LogP contribution is -2.16. The average molecular weight is 351 g/mol. The van der Waals surface area contributed by atoms with Gasteiger partial charge in [-0.25, -0.2) is 9.78 Å². The quantitative estimate of drug-likeness (QED) is 0.727. The van der Waals surface area contributed by atoms with Gasteiger partial charge in [-0.1, -0.05) is 35.3 Å². The van der Waals surface area contributed by atoms with Gasteiger partial charge in [0.15, 0.2) is 11.3 Å². The van der Waals surface area contributed by atoms with E-state index in [0.29, 0.717) is 16.5 Å². The molecule has 23 heavy (non-hydrogen) atoms. The maximum Gasteiger partial charge on any atom is 0.356 e. The number of aryl methyl sites for hydroxylation is 1. The Balaban J connectivity index is 2.24. The standard InChI is InChI=1S/C15H12Cl2N4O2/c1-8-4-3-5-9(16)14(8)20(2)13-7-11(17)18-12-6-10(15(22)23)19-21(12)13/h3-7H,1-2H3,(H,22,23). The first-order valence-corrected chi connectivity index (χ1v) is 7.42. The highest BCUT2D eigenvalue weighted by Gasteiger charge is 2.18. The molecule has 0 fully saturated rings. The van der Waals surface area contributed by atoms with Crippen LogP contribution in [-0.4, -0.2) is 32.7 Å². The van der Waals surface area contributed by atoms with Crippen LogP contribution in [0.3, 0.4) is 0 Å². The molecule has 0 aliphatic rings. The molecule has 0 bridgehead atoms. The Labute approximate surface area is 141 Å². The van der Waals surface area contributed by atoms with Gasteiger partial charge in [-0.2, -0.15) is 9.61 Å². The zero-order valence-corrected chi connectivity index (χ0v) is 13.8. The van der Waals surface area contributed by atoms with Crippen LogP contribution in [0.2, 0.25) is 10.2 Å². The molecule has 0 spiro atoms. The summed E-state index contributed by atoms with van der Waals surface area (Å²) in [6, 6.07) is 8.55. The van der Waals surface area contributed by atoms with Crippen molar-refractivity contribution in [2.24, 2.45) is 0 Å². The molecule has 0 aliphatic heterocycles. The first-order chi connectivity index (χ1) is 10.9. The van der Waals surface area contributed by atoms with Gasteiger partial charge in [0, 0.05) is 19.2 Å². The van der Waals surface area contributed by atoms with Gasteiger partial charge in [-0.3, -0.25) is 0 Å². The molecule has 0 saturated heterocycles. The number of hydrogen-bond acceptors (Lipinski definition) is 4. The van der Waals surface area contributed by atoms with E-state index in [0.717, 1.165) is 11.3 Å². The second-order valence-corrected chi connectivity index (χ2v) is 5.80. The summed E-state index contributed by atoms with van der Waals surface area (Å²) in [6.07, 6.45) is 0. The van der Waals surface area contributed by atoms with Crippen LogP contribution in [0, 0.1) is 6.92 Å². The second-order valence-electron chi connectivity index (χ2n) is 5.01. The van der Waals surface area contributed by atoms with E-state index in [9.17, 15) is 4.79 Å². The lowest BCUT2D eigenvalue weighted by Gasteiger charge is -2.23. The minimum atomic E-state index is -1.13. The number of aromatic nitrogens is 3. The summed E-state index contributed by atoms with van der Waals surface area (Å²) in [6.45, 7) is 1.93. The molecule has 3 rings (SSSR count). The number of para-hydroxylation sites is 1. The van der Waals surface area contributed by atoms with Crippen LogP contribution in [0.15, 0.2) is 30.3 Å². The van der Waals surface area contributed by atoms with Crippen LogP contribution in [0.5, 0.6) is 0 Å². The summed E-state index contributed by atoms with van der Waals surface area (Å²) in [7, 11) is 1.81. The third-order valence-corrected chi connectivity index (χ3v) is 3.96. The van der Waals surface area contributed by atoms with Gasteiger partial charge in [-0.05, 0) is 18.6 Å². The number of aromatic carboxylic acids is 1. The molecule has 3 aromatic rings. The average Bonchev–Trinajstić information content (AvgIpc) is 2.90. The summed E-state index contributed by atoms with van der Waals surface area (Å²) in [4.78, 5) is 17.0. The first kappa shape index (κ1) is 15.6. The first-order valence-electron chi connectivity index (χ1n) is 6.67. The number of carboxylic acid groups (broad SMARTS) is 1. The lowest BCUT2D eigenvalue weighted by atomic mass is 10.2. The molecule has 2 aromatic heterocycles. The largest absolute Gasteiger partial charge is 0.476 e. The van der Waals surface area contributed by atoms with Crippen LogP contribution in [-0.2, 0) is 0 Å². The maximum absolute atomic E-state index is 11.1. The van der Waals surface area contributed by atoms with Gasteiger partial charge in [0.2, 0.25) is 0 Å². The van der Waals surface area contributed by atoms with E-state index in [-0.39, 0.29) is 10.8 Å². The van der Waals surface area contributed by atoms with Crippen molar-refractivity contribution < 1.29 is 9.90 Å². The predicted molar refractivity (Wildman–Crippen MR) is 89.2 cm³/mol. The predicted octanol–water partition coefficient (Wildman–Crippen LogP) is 3.81. The number of benzene rings is 1. The van der Waals surface area contributed by atoms with E-state index in [2.05, 4.69) is 10.1 Å². The van der Waals surface area contributed by atoms with Crippen LogP contribution in [0.1, 0.15) is 16.1 Å². The molecule has 0 unspecified atom stereocenters. The van der Waals surface area contributed by atoms with Crippen molar-refractivity contribution in [2.45, 2.75) is 6.92 Å². The molecule has 8 heteroatoms. The lowest BCUT2D eigenvalue weighted by molar-refractivity contribution is 0.0690. The molecule has 118 valence electrons. The van der Waals surface area contributed by atoms with Gasteiger partial charge >= 0.3 is 5.97 Å². The number of carbonyl (C=O) groups is 1. The Morgan fingerprint density at radius 3 is 2.70 bits per heavy atom. The highest BCUT2D eigenvalue weighted by molar-refractivity contribution is 6.33. The number of nitrogens with zero attached hydrogens (tertiary/aromatic N) is 4. The third-order valence-electron chi connectivity index (χ3n) is 3.46. The molecule has 0 radical (unpaired) electrons. The highest BCUT2D eigenvalue weighted by atomic mass is 35.5. The third kappa shape index (κ3) is 2.71. The summed E-state index contributed by atoms with van der Waals surface area (Å²) >= 11 is 12.4. The van der Waals surface area contributed by atoms with Crippen molar-refractivity contribution >= 4 is 46.3 Å². The molecular weight excluding hydrogens is 339 g/mol. The number of rotatable bonds is 3. The van der Waals surface area contributed by atoms with Gasteiger partial charge < -0.3 is 10.0 Å². The fourth-order valence-corrected chi connectivity index (χ4v) is 2.97. The van der Waals surface area contributed by atoms with Crippen molar-refractivity contribution in [3.63, 3.8) is 0 Å². The van der Waals surface area contributed by atoms with Crippen LogP contribution < -0.4 is 4.90 Å². The molecule has 1 N–H and O–H groups in total. The molecule has 6 nitrogen and oxygen atoms in total. The summed E-state index contributed by atoms with van der Waals surface area (Å²) < 4.78 is 1.43. The van der Waals surface area contributed by atoms with E-state index >= 15 is 0 Å². The zero-order valence-electron chi connectivity index (χ0n) is 12.3. The van der Waals surface area contributed by atoms with E-state index in [4.69, 9.17) is 28.3 Å². The van der Waals surface area contributed by atoms with E-state index < -0.39 is 5.97 Å².